The van der Waals surface area contributed by atoms with Gasteiger partial charge in [-0.15, -0.1) is 0 Å². The van der Waals surface area contributed by atoms with Crippen LogP contribution < -0.4 is 9.47 Å². The summed E-state index contributed by atoms with van der Waals surface area (Å²) in [5.41, 5.74) is 1.45. The number of amides is 3. The van der Waals surface area contributed by atoms with Gasteiger partial charge < -0.3 is 19.1 Å². The van der Waals surface area contributed by atoms with E-state index in [4.69, 9.17) is 14.2 Å². The van der Waals surface area contributed by atoms with Crippen LogP contribution in [-0.4, -0.2) is 66.3 Å². The second-order valence-electron chi connectivity index (χ2n) is 7.82. The first kappa shape index (κ1) is 24.7. The topological polar surface area (TPSA) is 85.4 Å². The van der Waals surface area contributed by atoms with E-state index in [1.54, 1.807) is 41.3 Å². The fraction of sp³-hybridized carbons (Fsp3) is 0.320. The van der Waals surface area contributed by atoms with Gasteiger partial charge in [0, 0.05) is 13.1 Å². The Morgan fingerprint density at radius 3 is 2.54 bits per heavy atom. The molecular formula is C25H25FN2O6S. The maximum Gasteiger partial charge on any atom is 0.294 e. The number of hydrogen-bond donors (Lipinski definition) is 0. The van der Waals surface area contributed by atoms with Crippen LogP contribution in [0.25, 0.3) is 6.08 Å². The largest absolute Gasteiger partial charge is 0.490 e. The molecule has 4 rings (SSSR count). The van der Waals surface area contributed by atoms with Crippen molar-refractivity contribution in [1.29, 1.82) is 0 Å². The molecule has 0 bridgehead atoms. The second-order valence-corrected chi connectivity index (χ2v) is 8.81. The van der Waals surface area contributed by atoms with E-state index in [9.17, 15) is 18.8 Å². The Morgan fingerprint density at radius 2 is 1.83 bits per heavy atom. The molecule has 2 aromatic carbocycles. The zero-order valence-electron chi connectivity index (χ0n) is 19.2. The third-order valence-corrected chi connectivity index (χ3v) is 6.31. The molecule has 0 aliphatic carbocycles. The van der Waals surface area contributed by atoms with Gasteiger partial charge in [0.25, 0.3) is 11.1 Å². The van der Waals surface area contributed by atoms with Gasteiger partial charge in [-0.2, -0.15) is 0 Å². The number of imide groups is 1. The molecule has 0 atom stereocenters. The summed E-state index contributed by atoms with van der Waals surface area (Å²) in [6.07, 6.45) is 1.59. The normalized spacial score (nSPS) is 17.3. The van der Waals surface area contributed by atoms with Crippen LogP contribution in [0.15, 0.2) is 47.4 Å². The van der Waals surface area contributed by atoms with E-state index in [1.165, 1.54) is 12.1 Å². The van der Waals surface area contributed by atoms with Crippen molar-refractivity contribution >= 4 is 34.9 Å². The molecule has 35 heavy (non-hydrogen) atoms. The first-order valence-electron chi connectivity index (χ1n) is 11.2. The fourth-order valence-electron chi connectivity index (χ4n) is 3.58. The minimum Gasteiger partial charge on any atom is -0.490 e. The lowest BCUT2D eigenvalue weighted by Crippen LogP contribution is -2.46. The van der Waals surface area contributed by atoms with Crippen molar-refractivity contribution in [2.45, 2.75) is 13.5 Å². The number of thioether (sulfide) groups is 1. The predicted molar refractivity (Wildman–Crippen MR) is 128 cm³/mol. The summed E-state index contributed by atoms with van der Waals surface area (Å²) in [4.78, 5) is 40.6. The quantitative estimate of drug-likeness (QED) is 0.511. The van der Waals surface area contributed by atoms with Crippen molar-refractivity contribution in [3.8, 4) is 11.5 Å². The predicted octanol–water partition coefficient (Wildman–Crippen LogP) is 3.70. The van der Waals surface area contributed by atoms with Gasteiger partial charge in [-0.3, -0.25) is 19.3 Å². The van der Waals surface area contributed by atoms with Crippen LogP contribution in [0, 0.1) is 5.82 Å². The van der Waals surface area contributed by atoms with Crippen molar-refractivity contribution in [2.75, 3.05) is 39.5 Å². The molecule has 3 amide bonds. The van der Waals surface area contributed by atoms with Crippen molar-refractivity contribution < 1.29 is 33.0 Å². The molecule has 2 aromatic rings. The standard InChI is InChI=1S/C25H25FN2O6S/c1-2-33-21-13-18(5-8-20(21)34-16-17-3-6-19(26)7-4-17)14-22-24(30)28(25(31)35-22)15-23(29)27-9-11-32-12-10-27/h3-8,13-14H,2,9-12,15-16H2,1H3/b22-14-. The maximum absolute atomic E-state index is 13.1. The van der Waals surface area contributed by atoms with Crippen LogP contribution in [0.3, 0.4) is 0 Å². The van der Waals surface area contributed by atoms with E-state index in [1.807, 2.05) is 6.92 Å². The minimum absolute atomic E-state index is 0.229. The minimum atomic E-state index is -0.504. The molecular weight excluding hydrogens is 475 g/mol. The Hall–Kier alpha value is -3.37. The molecule has 0 aromatic heterocycles. The lowest BCUT2D eigenvalue weighted by Gasteiger charge is -2.28. The molecule has 0 N–H and O–H groups in total. The Bertz CT molecular complexity index is 1130. The summed E-state index contributed by atoms with van der Waals surface area (Å²) in [6, 6.07) is 11.2. The van der Waals surface area contributed by atoms with Crippen LogP contribution in [0.2, 0.25) is 0 Å². The number of carbonyl (C=O) groups is 3. The average molecular weight is 501 g/mol. The van der Waals surface area contributed by atoms with E-state index in [0.717, 1.165) is 22.2 Å². The summed E-state index contributed by atoms with van der Waals surface area (Å²) in [5, 5.41) is -0.479. The van der Waals surface area contributed by atoms with Gasteiger partial charge in [0.15, 0.2) is 11.5 Å². The zero-order valence-corrected chi connectivity index (χ0v) is 20.0. The highest BCUT2D eigenvalue weighted by atomic mass is 32.2. The van der Waals surface area contributed by atoms with E-state index in [0.29, 0.717) is 50.0 Å². The highest BCUT2D eigenvalue weighted by Gasteiger charge is 2.37. The number of rotatable bonds is 8. The molecule has 2 aliphatic rings. The molecule has 2 saturated heterocycles. The number of ether oxygens (including phenoxy) is 3. The molecule has 2 heterocycles. The molecule has 0 saturated carbocycles. The van der Waals surface area contributed by atoms with E-state index in [-0.39, 0.29) is 29.8 Å². The Morgan fingerprint density at radius 1 is 1.09 bits per heavy atom. The number of nitrogens with zero attached hydrogens (tertiary/aromatic N) is 2. The van der Waals surface area contributed by atoms with E-state index < -0.39 is 11.1 Å². The van der Waals surface area contributed by atoms with Crippen LogP contribution in [0.5, 0.6) is 11.5 Å². The number of benzene rings is 2. The molecule has 8 nitrogen and oxygen atoms in total. The summed E-state index contributed by atoms with van der Waals surface area (Å²) in [5.74, 6) is -0.125. The first-order valence-corrected chi connectivity index (χ1v) is 12.0. The van der Waals surface area contributed by atoms with Crippen LogP contribution in [0.4, 0.5) is 9.18 Å². The van der Waals surface area contributed by atoms with Crippen molar-refractivity contribution in [1.82, 2.24) is 9.80 Å². The summed E-state index contributed by atoms with van der Waals surface area (Å²) in [6.45, 7) is 3.96. The average Bonchev–Trinajstić information content (AvgIpc) is 3.12. The van der Waals surface area contributed by atoms with E-state index in [2.05, 4.69) is 0 Å². The summed E-state index contributed by atoms with van der Waals surface area (Å²) in [7, 11) is 0. The van der Waals surface area contributed by atoms with Gasteiger partial charge in [-0.1, -0.05) is 18.2 Å². The fourth-order valence-corrected chi connectivity index (χ4v) is 4.42. The smallest absolute Gasteiger partial charge is 0.294 e. The third-order valence-electron chi connectivity index (χ3n) is 5.40. The first-order chi connectivity index (χ1) is 16.9. The highest BCUT2D eigenvalue weighted by molar-refractivity contribution is 8.18. The molecule has 184 valence electrons. The Kier molecular flexibility index (Phi) is 8.04. The lowest BCUT2D eigenvalue weighted by molar-refractivity contribution is -0.139. The van der Waals surface area contributed by atoms with Crippen molar-refractivity contribution in [2.24, 2.45) is 0 Å². The number of morpholine rings is 1. The second kappa shape index (κ2) is 11.4. The molecule has 2 aliphatic heterocycles. The van der Waals surface area contributed by atoms with Gasteiger partial charge in [0.05, 0.1) is 24.7 Å². The molecule has 10 heteroatoms. The molecule has 2 fully saturated rings. The number of halogens is 1. The van der Waals surface area contributed by atoms with Gasteiger partial charge in [0.1, 0.15) is 19.0 Å². The van der Waals surface area contributed by atoms with E-state index >= 15 is 0 Å². The molecule has 0 unspecified atom stereocenters. The SMILES string of the molecule is CCOc1cc(/C=C2\SC(=O)N(CC(=O)N3CCOCC3)C2=O)ccc1OCc1ccc(F)cc1. The maximum atomic E-state index is 13.1. The Balaban J connectivity index is 1.45. The van der Waals surface area contributed by atoms with Crippen LogP contribution >= 0.6 is 11.8 Å². The van der Waals surface area contributed by atoms with Gasteiger partial charge in [-0.25, -0.2) is 4.39 Å². The van der Waals surface area contributed by atoms with Crippen molar-refractivity contribution in [3.05, 3.63) is 64.3 Å². The number of carbonyl (C=O) groups excluding carboxylic acids is 3. The zero-order chi connectivity index (χ0) is 24.8. The highest BCUT2D eigenvalue weighted by Crippen LogP contribution is 2.35. The summed E-state index contributed by atoms with van der Waals surface area (Å²) >= 11 is 0.798. The summed E-state index contributed by atoms with van der Waals surface area (Å²) < 4.78 is 29.9. The van der Waals surface area contributed by atoms with Gasteiger partial charge in [0.2, 0.25) is 5.91 Å². The van der Waals surface area contributed by atoms with Crippen molar-refractivity contribution in [3.63, 3.8) is 0 Å². The van der Waals surface area contributed by atoms with Crippen LogP contribution in [0.1, 0.15) is 18.1 Å². The monoisotopic (exact) mass is 500 g/mol. The number of hydrogen-bond acceptors (Lipinski definition) is 7. The Labute approximate surface area is 206 Å². The van der Waals surface area contributed by atoms with Crippen LogP contribution in [-0.2, 0) is 20.9 Å². The van der Waals surface area contributed by atoms with Gasteiger partial charge >= 0.3 is 0 Å². The van der Waals surface area contributed by atoms with Gasteiger partial charge in [-0.05, 0) is 60.2 Å². The third kappa shape index (κ3) is 6.20. The molecule has 0 radical (unpaired) electrons. The lowest BCUT2D eigenvalue weighted by atomic mass is 10.1. The molecule has 0 spiro atoms.